The Bertz CT molecular complexity index is 820. The summed E-state index contributed by atoms with van der Waals surface area (Å²) in [7, 11) is 0. The lowest BCUT2D eigenvalue weighted by Gasteiger charge is -2.14. The van der Waals surface area contributed by atoms with Crippen molar-refractivity contribution in [3.63, 3.8) is 0 Å². The second-order valence-corrected chi connectivity index (χ2v) is 6.25. The maximum Gasteiger partial charge on any atom is 0.261 e. The van der Waals surface area contributed by atoms with Crippen molar-refractivity contribution in [1.82, 2.24) is 15.5 Å². The lowest BCUT2D eigenvalue weighted by molar-refractivity contribution is -0.127. The highest BCUT2D eigenvalue weighted by Crippen LogP contribution is 2.24. The zero-order valence-corrected chi connectivity index (χ0v) is 14.3. The smallest absolute Gasteiger partial charge is 0.261 e. The van der Waals surface area contributed by atoms with Gasteiger partial charge in [0.2, 0.25) is 11.7 Å². The molecule has 6 nitrogen and oxygen atoms in total. The van der Waals surface area contributed by atoms with Crippen molar-refractivity contribution in [3.8, 4) is 16.5 Å². The second kappa shape index (κ2) is 7.46. The number of thiophene rings is 1. The Kier molecular flexibility index (Phi) is 5.12. The zero-order chi connectivity index (χ0) is 16.9. The number of para-hydroxylation sites is 1. The Balaban J connectivity index is 1.54. The quantitative estimate of drug-likeness (QED) is 0.724. The van der Waals surface area contributed by atoms with Crippen LogP contribution in [-0.2, 0) is 11.3 Å². The van der Waals surface area contributed by atoms with E-state index in [1.807, 2.05) is 17.5 Å². The van der Waals surface area contributed by atoms with Gasteiger partial charge in [-0.1, -0.05) is 35.0 Å². The molecule has 1 N–H and O–H groups in total. The van der Waals surface area contributed by atoms with Gasteiger partial charge in [0.1, 0.15) is 5.75 Å². The number of amides is 1. The van der Waals surface area contributed by atoms with E-state index >= 15 is 0 Å². The van der Waals surface area contributed by atoms with Crippen molar-refractivity contribution in [2.24, 2.45) is 0 Å². The lowest BCUT2D eigenvalue weighted by Crippen LogP contribution is -2.36. The van der Waals surface area contributed by atoms with Crippen LogP contribution in [0.2, 0.25) is 5.02 Å². The Morgan fingerprint density at radius 2 is 2.21 bits per heavy atom. The molecule has 0 bridgehead atoms. The normalized spacial score (nSPS) is 11.9. The maximum atomic E-state index is 12.1. The number of aromatic nitrogens is 2. The van der Waals surface area contributed by atoms with E-state index in [4.69, 9.17) is 20.9 Å². The Labute approximate surface area is 147 Å². The van der Waals surface area contributed by atoms with E-state index < -0.39 is 6.10 Å². The molecule has 1 unspecified atom stereocenters. The first kappa shape index (κ1) is 16.5. The third kappa shape index (κ3) is 3.93. The third-order valence-electron chi connectivity index (χ3n) is 3.13. The van der Waals surface area contributed by atoms with Gasteiger partial charge in [-0.2, -0.15) is 4.98 Å². The molecule has 0 spiro atoms. The summed E-state index contributed by atoms with van der Waals surface area (Å²) >= 11 is 7.52. The number of hydrogen-bond donors (Lipinski definition) is 1. The fourth-order valence-electron chi connectivity index (χ4n) is 1.92. The van der Waals surface area contributed by atoms with E-state index in [9.17, 15) is 4.79 Å². The minimum absolute atomic E-state index is 0.132. The Morgan fingerprint density at radius 1 is 1.38 bits per heavy atom. The standard InChI is InChI=1S/C16H14ClN3O3S/c1-10(22-12-6-3-2-5-11(12)17)16(21)18-9-14-19-15(20-23-14)13-7-4-8-24-13/h2-8,10H,9H2,1H3,(H,18,21). The number of hydrogen-bond acceptors (Lipinski definition) is 6. The molecule has 0 fully saturated rings. The van der Waals surface area contributed by atoms with Crippen molar-refractivity contribution in [3.05, 3.63) is 52.7 Å². The van der Waals surface area contributed by atoms with Crippen LogP contribution in [0.1, 0.15) is 12.8 Å². The summed E-state index contributed by atoms with van der Waals surface area (Å²) in [4.78, 5) is 17.2. The van der Waals surface area contributed by atoms with Crippen LogP contribution in [0.4, 0.5) is 0 Å². The van der Waals surface area contributed by atoms with Gasteiger partial charge in [-0.3, -0.25) is 4.79 Å². The first-order valence-electron chi connectivity index (χ1n) is 7.19. The van der Waals surface area contributed by atoms with Crippen LogP contribution in [0.5, 0.6) is 5.75 Å². The van der Waals surface area contributed by atoms with Gasteiger partial charge >= 0.3 is 0 Å². The highest BCUT2D eigenvalue weighted by atomic mass is 35.5. The summed E-state index contributed by atoms with van der Waals surface area (Å²) in [6.45, 7) is 1.77. The molecule has 0 aliphatic carbocycles. The minimum Gasteiger partial charge on any atom is -0.479 e. The van der Waals surface area contributed by atoms with Crippen molar-refractivity contribution in [2.75, 3.05) is 0 Å². The predicted molar refractivity (Wildman–Crippen MR) is 91.0 cm³/mol. The number of nitrogens with zero attached hydrogens (tertiary/aromatic N) is 2. The SMILES string of the molecule is CC(Oc1ccccc1Cl)C(=O)NCc1nc(-c2cccs2)no1. The molecule has 3 aromatic rings. The van der Waals surface area contributed by atoms with Gasteiger partial charge in [-0.15, -0.1) is 11.3 Å². The molecule has 0 saturated carbocycles. The van der Waals surface area contributed by atoms with Gasteiger partial charge in [0.05, 0.1) is 16.4 Å². The van der Waals surface area contributed by atoms with Gasteiger partial charge in [0.25, 0.3) is 5.91 Å². The summed E-state index contributed by atoms with van der Waals surface area (Å²) in [5, 5.41) is 8.97. The molecule has 1 amide bonds. The van der Waals surface area contributed by atoms with E-state index in [0.29, 0.717) is 22.5 Å². The van der Waals surface area contributed by atoms with Crippen LogP contribution in [0.25, 0.3) is 10.7 Å². The first-order valence-corrected chi connectivity index (χ1v) is 8.44. The van der Waals surface area contributed by atoms with Gasteiger partial charge in [0, 0.05) is 0 Å². The number of carbonyl (C=O) groups excluding carboxylic acids is 1. The topological polar surface area (TPSA) is 77.2 Å². The van der Waals surface area contributed by atoms with Crippen molar-refractivity contribution < 1.29 is 14.1 Å². The number of nitrogens with one attached hydrogen (secondary N) is 1. The number of carbonyl (C=O) groups is 1. The van der Waals surface area contributed by atoms with E-state index in [-0.39, 0.29) is 12.5 Å². The molecule has 1 atom stereocenters. The van der Waals surface area contributed by atoms with E-state index in [2.05, 4.69) is 15.5 Å². The highest BCUT2D eigenvalue weighted by Gasteiger charge is 2.17. The fraction of sp³-hybridized carbons (Fsp3) is 0.188. The third-order valence-corrected chi connectivity index (χ3v) is 4.31. The highest BCUT2D eigenvalue weighted by molar-refractivity contribution is 7.13. The van der Waals surface area contributed by atoms with E-state index in [1.165, 1.54) is 11.3 Å². The van der Waals surface area contributed by atoms with Gasteiger partial charge in [-0.25, -0.2) is 0 Å². The number of ether oxygens (including phenoxy) is 1. The number of rotatable bonds is 6. The summed E-state index contributed by atoms with van der Waals surface area (Å²) < 4.78 is 10.7. The molecular weight excluding hydrogens is 350 g/mol. The van der Waals surface area contributed by atoms with Crippen molar-refractivity contribution in [1.29, 1.82) is 0 Å². The number of benzene rings is 1. The molecule has 3 rings (SSSR count). The van der Waals surface area contributed by atoms with Gasteiger partial charge in [-0.05, 0) is 30.5 Å². The average Bonchev–Trinajstić information content (AvgIpc) is 3.25. The molecule has 8 heteroatoms. The summed E-state index contributed by atoms with van der Waals surface area (Å²) in [5.41, 5.74) is 0. The van der Waals surface area contributed by atoms with Gasteiger partial charge < -0.3 is 14.6 Å². The molecular formula is C16H14ClN3O3S. The summed E-state index contributed by atoms with van der Waals surface area (Å²) in [6, 6.07) is 10.8. The van der Waals surface area contributed by atoms with Crippen LogP contribution in [0, 0.1) is 0 Å². The Hall–Kier alpha value is -2.38. The van der Waals surface area contributed by atoms with Crippen LogP contribution in [0.3, 0.4) is 0 Å². The molecule has 0 radical (unpaired) electrons. The minimum atomic E-state index is -0.704. The maximum absolute atomic E-state index is 12.1. The van der Waals surface area contributed by atoms with Crippen LogP contribution < -0.4 is 10.1 Å². The molecule has 1 aromatic carbocycles. The molecule has 0 saturated heterocycles. The molecule has 124 valence electrons. The fourth-order valence-corrected chi connectivity index (χ4v) is 2.75. The Morgan fingerprint density at radius 3 is 2.96 bits per heavy atom. The summed E-state index contributed by atoms with van der Waals surface area (Å²) in [6.07, 6.45) is -0.704. The van der Waals surface area contributed by atoms with E-state index in [0.717, 1.165) is 4.88 Å². The van der Waals surface area contributed by atoms with Crippen LogP contribution in [0.15, 0.2) is 46.3 Å². The largest absolute Gasteiger partial charge is 0.479 e. The van der Waals surface area contributed by atoms with Gasteiger partial charge in [0.15, 0.2) is 6.10 Å². The first-order chi connectivity index (χ1) is 11.6. The summed E-state index contributed by atoms with van der Waals surface area (Å²) in [5.74, 6) is 0.997. The van der Waals surface area contributed by atoms with Crippen LogP contribution >= 0.6 is 22.9 Å². The molecule has 2 heterocycles. The second-order valence-electron chi connectivity index (χ2n) is 4.90. The zero-order valence-electron chi connectivity index (χ0n) is 12.7. The van der Waals surface area contributed by atoms with E-state index in [1.54, 1.807) is 31.2 Å². The van der Waals surface area contributed by atoms with Crippen LogP contribution in [-0.4, -0.2) is 22.2 Å². The monoisotopic (exact) mass is 363 g/mol. The molecule has 2 aromatic heterocycles. The number of halogens is 1. The van der Waals surface area contributed by atoms with Crippen molar-refractivity contribution >= 4 is 28.8 Å². The predicted octanol–water partition coefficient (Wildman–Crippen LogP) is 3.54. The molecule has 24 heavy (non-hydrogen) atoms. The lowest BCUT2D eigenvalue weighted by atomic mass is 10.3. The average molecular weight is 364 g/mol. The van der Waals surface area contributed by atoms with Crippen molar-refractivity contribution in [2.45, 2.75) is 19.6 Å². The molecule has 0 aliphatic rings. The molecule has 0 aliphatic heterocycles.